The molecule has 1 aliphatic rings. The molecule has 3 heterocycles. The van der Waals surface area contributed by atoms with Gasteiger partial charge in [0.1, 0.15) is 11.6 Å². The summed E-state index contributed by atoms with van der Waals surface area (Å²) in [5, 5.41) is 2.71. The van der Waals surface area contributed by atoms with E-state index in [0.717, 1.165) is 31.3 Å². The Morgan fingerprint density at radius 1 is 1.50 bits per heavy atom. The summed E-state index contributed by atoms with van der Waals surface area (Å²) in [6.07, 6.45) is 4.41. The Labute approximate surface area is 115 Å². The standard InChI is InChI=1S/C12H17N7O/c1-14-11(20)7-4-2-3-5-19(7)10-8-9(16-6-15-8)17-12(13)18-10/h6-7H,2-5H2,1H3,(H,14,20)(H3,13,15,16,17,18). The van der Waals surface area contributed by atoms with Gasteiger partial charge in [-0.2, -0.15) is 9.97 Å². The summed E-state index contributed by atoms with van der Waals surface area (Å²) in [5.74, 6) is 0.814. The smallest absolute Gasteiger partial charge is 0.242 e. The summed E-state index contributed by atoms with van der Waals surface area (Å²) in [6.45, 7) is 0.767. The van der Waals surface area contributed by atoms with Crippen molar-refractivity contribution in [2.75, 3.05) is 24.2 Å². The van der Waals surface area contributed by atoms with Gasteiger partial charge in [0.2, 0.25) is 11.9 Å². The van der Waals surface area contributed by atoms with Crippen LogP contribution in [0.4, 0.5) is 11.8 Å². The number of likely N-dealkylation sites (N-methyl/N-ethyl adjacent to an activating group) is 1. The van der Waals surface area contributed by atoms with E-state index >= 15 is 0 Å². The minimum atomic E-state index is -0.227. The van der Waals surface area contributed by atoms with Crippen molar-refractivity contribution in [3.8, 4) is 0 Å². The van der Waals surface area contributed by atoms with Gasteiger partial charge in [0.25, 0.3) is 0 Å². The summed E-state index contributed by atoms with van der Waals surface area (Å²) in [4.78, 5) is 29.6. The lowest BCUT2D eigenvalue weighted by Crippen LogP contribution is -2.49. The number of hydrogen-bond acceptors (Lipinski definition) is 6. The van der Waals surface area contributed by atoms with Crippen molar-refractivity contribution in [1.29, 1.82) is 0 Å². The van der Waals surface area contributed by atoms with E-state index in [4.69, 9.17) is 5.73 Å². The number of nitrogens with one attached hydrogen (secondary N) is 2. The second-order valence-electron chi connectivity index (χ2n) is 4.83. The topological polar surface area (TPSA) is 113 Å². The van der Waals surface area contributed by atoms with Crippen LogP contribution in [0.2, 0.25) is 0 Å². The van der Waals surface area contributed by atoms with Gasteiger partial charge in [0.05, 0.1) is 6.33 Å². The molecule has 2 aromatic heterocycles. The average molecular weight is 275 g/mol. The zero-order chi connectivity index (χ0) is 14.1. The first-order valence-corrected chi connectivity index (χ1v) is 6.65. The SMILES string of the molecule is CNC(=O)C1CCCCN1c1nc(N)nc2nc[nH]c12. The third-order valence-corrected chi connectivity index (χ3v) is 3.61. The number of H-pyrrole nitrogens is 1. The average Bonchev–Trinajstić information content (AvgIpc) is 2.93. The number of amides is 1. The number of nitrogens with two attached hydrogens (primary N) is 1. The minimum Gasteiger partial charge on any atom is -0.368 e. The van der Waals surface area contributed by atoms with Gasteiger partial charge in [-0.15, -0.1) is 0 Å². The van der Waals surface area contributed by atoms with E-state index in [1.807, 2.05) is 4.90 Å². The van der Waals surface area contributed by atoms with E-state index in [2.05, 4.69) is 25.3 Å². The number of anilines is 2. The Kier molecular flexibility index (Phi) is 3.13. The van der Waals surface area contributed by atoms with Crippen molar-refractivity contribution < 1.29 is 4.79 Å². The van der Waals surface area contributed by atoms with Crippen LogP contribution in [-0.2, 0) is 4.79 Å². The van der Waals surface area contributed by atoms with Gasteiger partial charge >= 0.3 is 0 Å². The highest BCUT2D eigenvalue weighted by atomic mass is 16.2. The predicted octanol–water partition coefficient (Wildman–Crippen LogP) is 0.0400. The Morgan fingerprint density at radius 3 is 3.15 bits per heavy atom. The number of nitrogen functional groups attached to an aromatic ring is 1. The number of rotatable bonds is 2. The maximum Gasteiger partial charge on any atom is 0.242 e. The largest absolute Gasteiger partial charge is 0.368 e. The Bertz CT molecular complexity index is 638. The van der Waals surface area contributed by atoms with Crippen LogP contribution in [0.5, 0.6) is 0 Å². The van der Waals surface area contributed by atoms with Crippen molar-refractivity contribution in [3.05, 3.63) is 6.33 Å². The molecule has 0 saturated carbocycles. The number of carbonyl (C=O) groups is 1. The molecule has 106 valence electrons. The van der Waals surface area contributed by atoms with Crippen LogP contribution < -0.4 is 16.0 Å². The van der Waals surface area contributed by atoms with Crippen molar-refractivity contribution >= 4 is 28.8 Å². The third-order valence-electron chi connectivity index (χ3n) is 3.61. The summed E-state index contributed by atoms with van der Waals surface area (Å²) in [7, 11) is 1.65. The number of carbonyl (C=O) groups excluding carboxylic acids is 1. The molecule has 1 fully saturated rings. The van der Waals surface area contributed by atoms with E-state index in [9.17, 15) is 4.79 Å². The van der Waals surface area contributed by atoms with E-state index in [-0.39, 0.29) is 17.9 Å². The Hall–Kier alpha value is -2.38. The van der Waals surface area contributed by atoms with Crippen molar-refractivity contribution in [2.45, 2.75) is 25.3 Å². The number of nitrogens with zero attached hydrogens (tertiary/aromatic N) is 4. The molecule has 1 atom stereocenters. The molecule has 8 nitrogen and oxygen atoms in total. The van der Waals surface area contributed by atoms with Crippen LogP contribution in [0.1, 0.15) is 19.3 Å². The first-order valence-electron chi connectivity index (χ1n) is 6.65. The number of aromatic amines is 1. The van der Waals surface area contributed by atoms with Gasteiger partial charge in [-0.3, -0.25) is 4.79 Å². The Balaban J connectivity index is 2.07. The van der Waals surface area contributed by atoms with Crippen LogP contribution in [0.3, 0.4) is 0 Å². The number of hydrogen-bond donors (Lipinski definition) is 3. The molecule has 0 radical (unpaired) electrons. The monoisotopic (exact) mass is 275 g/mol. The summed E-state index contributed by atoms with van der Waals surface area (Å²) in [6, 6.07) is -0.227. The lowest BCUT2D eigenvalue weighted by atomic mass is 10.0. The van der Waals surface area contributed by atoms with Crippen LogP contribution >= 0.6 is 0 Å². The van der Waals surface area contributed by atoms with Crippen molar-refractivity contribution in [1.82, 2.24) is 25.3 Å². The molecule has 2 aromatic rings. The third kappa shape index (κ3) is 2.02. The first kappa shape index (κ1) is 12.6. The summed E-state index contributed by atoms with van der Waals surface area (Å²) >= 11 is 0. The van der Waals surface area contributed by atoms with Gasteiger partial charge in [-0.25, -0.2) is 4.98 Å². The molecule has 0 spiro atoms. The second kappa shape index (κ2) is 4.95. The summed E-state index contributed by atoms with van der Waals surface area (Å²) < 4.78 is 0. The van der Waals surface area contributed by atoms with E-state index in [1.54, 1.807) is 13.4 Å². The van der Waals surface area contributed by atoms with Gasteiger partial charge < -0.3 is 20.9 Å². The zero-order valence-electron chi connectivity index (χ0n) is 11.3. The fourth-order valence-corrected chi connectivity index (χ4v) is 2.67. The fraction of sp³-hybridized carbons (Fsp3) is 0.500. The Morgan fingerprint density at radius 2 is 2.35 bits per heavy atom. The van der Waals surface area contributed by atoms with E-state index in [0.29, 0.717) is 11.5 Å². The maximum absolute atomic E-state index is 12.1. The second-order valence-corrected chi connectivity index (χ2v) is 4.83. The number of imidazole rings is 1. The molecule has 8 heteroatoms. The molecule has 1 saturated heterocycles. The molecule has 1 aliphatic heterocycles. The quantitative estimate of drug-likeness (QED) is 0.713. The van der Waals surface area contributed by atoms with Crippen LogP contribution in [-0.4, -0.2) is 45.5 Å². The fourth-order valence-electron chi connectivity index (χ4n) is 2.67. The van der Waals surface area contributed by atoms with Crippen LogP contribution in [0, 0.1) is 0 Å². The number of fused-ring (bicyclic) bond motifs is 1. The number of aromatic nitrogens is 4. The molecular formula is C12H17N7O. The zero-order valence-corrected chi connectivity index (χ0v) is 11.3. The maximum atomic E-state index is 12.1. The molecule has 0 aromatic carbocycles. The van der Waals surface area contributed by atoms with Gasteiger partial charge in [0, 0.05) is 13.6 Å². The minimum absolute atomic E-state index is 0.00505. The molecule has 0 bridgehead atoms. The van der Waals surface area contributed by atoms with Crippen LogP contribution in [0.15, 0.2) is 6.33 Å². The molecule has 4 N–H and O–H groups in total. The molecule has 1 unspecified atom stereocenters. The van der Waals surface area contributed by atoms with Gasteiger partial charge in [-0.05, 0) is 19.3 Å². The first-order chi connectivity index (χ1) is 9.70. The molecule has 20 heavy (non-hydrogen) atoms. The summed E-state index contributed by atoms with van der Waals surface area (Å²) in [5.41, 5.74) is 6.98. The van der Waals surface area contributed by atoms with Gasteiger partial charge in [0.15, 0.2) is 11.5 Å². The van der Waals surface area contributed by atoms with Crippen LogP contribution in [0.25, 0.3) is 11.2 Å². The van der Waals surface area contributed by atoms with Crippen molar-refractivity contribution in [2.24, 2.45) is 0 Å². The highest BCUT2D eigenvalue weighted by Gasteiger charge is 2.30. The van der Waals surface area contributed by atoms with Gasteiger partial charge in [-0.1, -0.05) is 0 Å². The predicted molar refractivity (Wildman–Crippen MR) is 75.1 cm³/mol. The van der Waals surface area contributed by atoms with E-state index < -0.39 is 0 Å². The molecular weight excluding hydrogens is 258 g/mol. The van der Waals surface area contributed by atoms with E-state index in [1.165, 1.54) is 0 Å². The number of piperidine rings is 1. The van der Waals surface area contributed by atoms with Crippen molar-refractivity contribution in [3.63, 3.8) is 0 Å². The highest BCUT2D eigenvalue weighted by Crippen LogP contribution is 2.28. The molecule has 0 aliphatic carbocycles. The normalized spacial score (nSPS) is 19.2. The highest BCUT2D eigenvalue weighted by molar-refractivity contribution is 5.90. The lowest BCUT2D eigenvalue weighted by molar-refractivity contribution is -0.122. The lowest BCUT2D eigenvalue weighted by Gasteiger charge is -2.35. The molecule has 1 amide bonds. The molecule has 3 rings (SSSR count).